The summed E-state index contributed by atoms with van der Waals surface area (Å²) in [5.74, 6) is 0.257. The molecular weight excluding hydrogens is 290 g/mol. The Labute approximate surface area is 136 Å². The lowest BCUT2D eigenvalue weighted by atomic mass is 10.1. The minimum Gasteiger partial charge on any atom is -0.350 e. The molecule has 1 fully saturated rings. The molecule has 0 saturated carbocycles. The Hall–Kier alpha value is -2.14. The van der Waals surface area contributed by atoms with E-state index in [9.17, 15) is 4.79 Å². The Morgan fingerprint density at radius 3 is 2.83 bits per heavy atom. The second-order valence-electron chi connectivity index (χ2n) is 6.09. The largest absolute Gasteiger partial charge is 0.350 e. The maximum atomic E-state index is 12.8. The Kier molecular flexibility index (Phi) is 4.76. The summed E-state index contributed by atoms with van der Waals surface area (Å²) in [5.41, 5.74) is 2.86. The Bertz CT molecular complexity index is 657. The summed E-state index contributed by atoms with van der Waals surface area (Å²) in [6, 6.07) is 10.0. The molecule has 0 bridgehead atoms. The summed E-state index contributed by atoms with van der Waals surface area (Å²) < 4.78 is 5.34. The molecule has 122 valence electrons. The third-order valence-corrected chi connectivity index (χ3v) is 4.27. The first-order valence-electron chi connectivity index (χ1n) is 8.24. The molecule has 1 aromatic heterocycles. The van der Waals surface area contributed by atoms with Gasteiger partial charge in [0.05, 0.1) is 0 Å². The summed E-state index contributed by atoms with van der Waals surface area (Å²) in [6.07, 6.45) is 1.92. The minimum absolute atomic E-state index is 0.0635. The van der Waals surface area contributed by atoms with Crippen LogP contribution in [0.25, 0.3) is 11.3 Å². The van der Waals surface area contributed by atoms with E-state index >= 15 is 0 Å². The number of benzene rings is 1. The molecule has 1 amide bonds. The molecule has 0 aliphatic carbocycles. The van der Waals surface area contributed by atoms with Crippen LogP contribution >= 0.6 is 0 Å². The van der Waals surface area contributed by atoms with Gasteiger partial charge in [-0.05, 0) is 26.3 Å². The van der Waals surface area contributed by atoms with E-state index in [1.165, 1.54) is 5.56 Å². The van der Waals surface area contributed by atoms with E-state index in [2.05, 4.69) is 17.4 Å². The first-order valence-corrected chi connectivity index (χ1v) is 8.24. The van der Waals surface area contributed by atoms with Gasteiger partial charge in [-0.15, -0.1) is 0 Å². The average molecular weight is 313 g/mol. The fourth-order valence-electron chi connectivity index (χ4n) is 2.97. The van der Waals surface area contributed by atoms with E-state index in [-0.39, 0.29) is 11.9 Å². The Morgan fingerprint density at radius 2 is 2.17 bits per heavy atom. The first kappa shape index (κ1) is 15.7. The van der Waals surface area contributed by atoms with E-state index in [1.807, 2.05) is 36.1 Å². The van der Waals surface area contributed by atoms with Crippen LogP contribution in [0.2, 0.25) is 0 Å². The zero-order chi connectivity index (χ0) is 16.2. The van der Waals surface area contributed by atoms with Crippen LogP contribution in [0, 0.1) is 6.92 Å². The predicted molar refractivity (Wildman–Crippen MR) is 89.3 cm³/mol. The van der Waals surface area contributed by atoms with Crippen LogP contribution in [0.3, 0.4) is 0 Å². The lowest BCUT2D eigenvalue weighted by Gasteiger charge is -2.26. The summed E-state index contributed by atoms with van der Waals surface area (Å²) in [4.78, 5) is 14.7. The number of hydrogen-bond donors (Lipinski definition) is 1. The molecule has 3 rings (SSSR count). The highest BCUT2D eigenvalue weighted by Crippen LogP contribution is 2.21. The van der Waals surface area contributed by atoms with Crippen LogP contribution in [0.5, 0.6) is 0 Å². The molecule has 0 radical (unpaired) electrons. The number of rotatable bonds is 5. The van der Waals surface area contributed by atoms with Crippen molar-refractivity contribution in [2.24, 2.45) is 0 Å². The lowest BCUT2D eigenvalue weighted by Crippen LogP contribution is -2.41. The van der Waals surface area contributed by atoms with Gasteiger partial charge in [-0.3, -0.25) is 4.79 Å². The molecule has 1 unspecified atom stereocenters. The quantitative estimate of drug-likeness (QED) is 0.922. The van der Waals surface area contributed by atoms with Gasteiger partial charge in [-0.25, -0.2) is 0 Å². The first-order chi connectivity index (χ1) is 11.2. The molecule has 1 aromatic carbocycles. The van der Waals surface area contributed by atoms with E-state index in [4.69, 9.17) is 4.52 Å². The van der Waals surface area contributed by atoms with Crippen molar-refractivity contribution in [3.05, 3.63) is 41.7 Å². The Morgan fingerprint density at radius 1 is 1.39 bits per heavy atom. The summed E-state index contributed by atoms with van der Waals surface area (Å²) in [6.45, 7) is 6.68. The molecule has 1 atom stereocenters. The molecule has 0 spiro atoms. The molecule has 1 aliphatic heterocycles. The fourth-order valence-corrected chi connectivity index (χ4v) is 2.97. The van der Waals surface area contributed by atoms with Crippen molar-refractivity contribution in [2.45, 2.75) is 32.7 Å². The van der Waals surface area contributed by atoms with Crippen LogP contribution in [0.4, 0.5) is 0 Å². The molecule has 2 aromatic rings. The van der Waals surface area contributed by atoms with Crippen LogP contribution in [0.1, 0.15) is 35.9 Å². The van der Waals surface area contributed by atoms with E-state index < -0.39 is 0 Å². The van der Waals surface area contributed by atoms with Gasteiger partial charge in [-0.1, -0.05) is 41.9 Å². The van der Waals surface area contributed by atoms with Crippen LogP contribution in [-0.2, 0) is 0 Å². The number of aromatic nitrogens is 1. The summed E-state index contributed by atoms with van der Waals surface area (Å²) in [5, 5.41) is 7.38. The number of amides is 1. The van der Waals surface area contributed by atoms with Crippen LogP contribution in [0.15, 0.2) is 34.9 Å². The zero-order valence-corrected chi connectivity index (χ0v) is 13.7. The van der Waals surface area contributed by atoms with Gasteiger partial charge in [0.15, 0.2) is 0 Å². The van der Waals surface area contributed by atoms with Crippen molar-refractivity contribution in [1.29, 1.82) is 0 Å². The van der Waals surface area contributed by atoms with E-state index in [1.54, 1.807) is 6.07 Å². The molecule has 23 heavy (non-hydrogen) atoms. The third kappa shape index (κ3) is 3.45. The normalized spacial score (nSPS) is 17.4. The van der Waals surface area contributed by atoms with Gasteiger partial charge in [-0.2, -0.15) is 0 Å². The van der Waals surface area contributed by atoms with Gasteiger partial charge in [0.1, 0.15) is 5.69 Å². The molecule has 1 aliphatic rings. The molecule has 1 N–H and O–H groups in total. The number of carbonyl (C=O) groups is 1. The maximum absolute atomic E-state index is 12.8. The van der Waals surface area contributed by atoms with Crippen molar-refractivity contribution in [3.63, 3.8) is 0 Å². The summed E-state index contributed by atoms with van der Waals surface area (Å²) in [7, 11) is 0. The van der Waals surface area contributed by atoms with Gasteiger partial charge in [0.2, 0.25) is 5.76 Å². The van der Waals surface area contributed by atoms with Gasteiger partial charge >= 0.3 is 0 Å². The van der Waals surface area contributed by atoms with Crippen molar-refractivity contribution in [2.75, 3.05) is 19.6 Å². The second-order valence-corrected chi connectivity index (χ2v) is 6.09. The monoisotopic (exact) mass is 313 g/mol. The summed E-state index contributed by atoms with van der Waals surface area (Å²) >= 11 is 0. The Balaban J connectivity index is 1.80. The number of nitrogens with zero attached hydrogens (tertiary/aromatic N) is 2. The molecule has 1 saturated heterocycles. The highest BCUT2D eigenvalue weighted by atomic mass is 16.5. The third-order valence-electron chi connectivity index (χ3n) is 4.27. The molecule has 2 heterocycles. The maximum Gasteiger partial charge on any atom is 0.292 e. The molecular formula is C18H23N3O2. The van der Waals surface area contributed by atoms with Gasteiger partial charge in [0.25, 0.3) is 5.91 Å². The molecule has 5 nitrogen and oxygen atoms in total. The second kappa shape index (κ2) is 6.96. The lowest BCUT2D eigenvalue weighted by molar-refractivity contribution is 0.0650. The van der Waals surface area contributed by atoms with Crippen LogP contribution in [-0.4, -0.2) is 41.6 Å². The SMILES string of the molecule is CCCN(C(=O)c1cc(-c2ccc(C)cc2)no1)C1CCNC1. The minimum atomic E-state index is -0.0635. The fraction of sp³-hybridized carbons (Fsp3) is 0.444. The highest BCUT2D eigenvalue weighted by Gasteiger charge is 2.29. The van der Waals surface area contributed by atoms with Gasteiger partial charge < -0.3 is 14.7 Å². The van der Waals surface area contributed by atoms with Crippen molar-refractivity contribution in [1.82, 2.24) is 15.4 Å². The topological polar surface area (TPSA) is 58.4 Å². The van der Waals surface area contributed by atoms with Crippen molar-refractivity contribution >= 4 is 5.91 Å². The zero-order valence-electron chi connectivity index (χ0n) is 13.7. The highest BCUT2D eigenvalue weighted by molar-refractivity contribution is 5.92. The van der Waals surface area contributed by atoms with Crippen LogP contribution < -0.4 is 5.32 Å². The van der Waals surface area contributed by atoms with Crippen molar-refractivity contribution < 1.29 is 9.32 Å². The number of aryl methyl sites for hydroxylation is 1. The van der Waals surface area contributed by atoms with E-state index in [0.29, 0.717) is 11.5 Å². The standard InChI is InChI=1S/C18H23N3O2/c1-3-10-21(15-8-9-19-12-15)18(22)17-11-16(20-23-17)14-6-4-13(2)5-7-14/h4-7,11,15,19H,3,8-10,12H2,1-2H3. The molecule has 5 heteroatoms. The predicted octanol–water partition coefficient (Wildman–Crippen LogP) is 2.86. The van der Waals surface area contributed by atoms with Gasteiger partial charge in [0, 0.05) is 30.8 Å². The van der Waals surface area contributed by atoms with Crippen molar-refractivity contribution in [3.8, 4) is 11.3 Å². The number of carbonyl (C=O) groups excluding carboxylic acids is 1. The smallest absolute Gasteiger partial charge is 0.292 e. The average Bonchev–Trinajstić information content (AvgIpc) is 3.24. The number of nitrogens with one attached hydrogen (secondary N) is 1. The van der Waals surface area contributed by atoms with E-state index in [0.717, 1.165) is 38.0 Å². The number of hydrogen-bond acceptors (Lipinski definition) is 4.